The van der Waals surface area contributed by atoms with Gasteiger partial charge in [0.1, 0.15) is 16.4 Å². The highest BCUT2D eigenvalue weighted by molar-refractivity contribution is 7.89. The Hall–Kier alpha value is -2.94. The van der Waals surface area contributed by atoms with E-state index in [0.717, 1.165) is 12.8 Å². The summed E-state index contributed by atoms with van der Waals surface area (Å²) in [6.45, 7) is 2.39. The Labute approximate surface area is 183 Å². The first-order valence-electron chi connectivity index (χ1n) is 10.2. The second-order valence-electron chi connectivity index (χ2n) is 7.03. The largest absolute Gasteiger partial charge is 0.497 e. The van der Waals surface area contributed by atoms with E-state index >= 15 is 0 Å². The quantitative estimate of drug-likeness (QED) is 0.439. The van der Waals surface area contributed by atoms with E-state index in [9.17, 15) is 8.42 Å². The second-order valence-corrected chi connectivity index (χ2v) is 8.66. The van der Waals surface area contributed by atoms with E-state index in [0.29, 0.717) is 29.4 Å². The SMILES string of the molecule is CCOc1cc(/C=N/NS(=O)(=O)c2ccc(OC)cc2OC)ccc1OC1CCCC1. The molecule has 0 heterocycles. The lowest BCUT2D eigenvalue weighted by Gasteiger charge is -2.17. The van der Waals surface area contributed by atoms with Gasteiger partial charge in [-0.1, -0.05) is 0 Å². The Kier molecular flexibility index (Phi) is 7.62. The maximum Gasteiger partial charge on any atom is 0.280 e. The number of hydrazone groups is 1. The zero-order valence-electron chi connectivity index (χ0n) is 18.0. The molecule has 1 N–H and O–H groups in total. The minimum Gasteiger partial charge on any atom is -0.497 e. The van der Waals surface area contributed by atoms with Gasteiger partial charge in [-0.15, -0.1) is 0 Å². The Bertz CT molecular complexity index is 1020. The molecule has 1 aliphatic carbocycles. The van der Waals surface area contributed by atoms with Crippen LogP contribution in [-0.2, 0) is 10.0 Å². The number of ether oxygens (including phenoxy) is 4. The third-order valence-electron chi connectivity index (χ3n) is 4.91. The van der Waals surface area contributed by atoms with Gasteiger partial charge < -0.3 is 18.9 Å². The van der Waals surface area contributed by atoms with Crippen LogP contribution in [0.25, 0.3) is 0 Å². The number of benzene rings is 2. The fourth-order valence-corrected chi connectivity index (χ4v) is 4.32. The highest BCUT2D eigenvalue weighted by atomic mass is 32.2. The zero-order chi connectivity index (χ0) is 22.3. The van der Waals surface area contributed by atoms with E-state index in [1.165, 1.54) is 51.5 Å². The molecule has 31 heavy (non-hydrogen) atoms. The van der Waals surface area contributed by atoms with Gasteiger partial charge in [0.15, 0.2) is 11.5 Å². The van der Waals surface area contributed by atoms with Crippen LogP contribution in [0, 0.1) is 0 Å². The molecule has 0 amide bonds. The van der Waals surface area contributed by atoms with Gasteiger partial charge in [-0.25, -0.2) is 0 Å². The molecule has 168 valence electrons. The summed E-state index contributed by atoms with van der Waals surface area (Å²) in [4.78, 5) is 2.17. The molecule has 1 fully saturated rings. The Morgan fingerprint density at radius 3 is 2.48 bits per heavy atom. The lowest BCUT2D eigenvalue weighted by molar-refractivity contribution is 0.197. The minimum atomic E-state index is -3.93. The Balaban J connectivity index is 1.74. The third kappa shape index (κ3) is 5.81. The topological polar surface area (TPSA) is 95.5 Å². The van der Waals surface area contributed by atoms with Gasteiger partial charge in [-0.2, -0.15) is 18.4 Å². The standard InChI is InChI=1S/C22H28N2O6S/c1-4-29-20-13-16(9-11-19(20)30-17-7-5-6-8-17)15-23-24-31(25,26)22-12-10-18(27-2)14-21(22)28-3/h9-15,17,24H,4-8H2,1-3H3/b23-15+. The van der Waals surface area contributed by atoms with E-state index in [1.54, 1.807) is 12.1 Å². The van der Waals surface area contributed by atoms with Gasteiger partial charge in [0, 0.05) is 6.07 Å². The lowest BCUT2D eigenvalue weighted by Crippen LogP contribution is -2.19. The van der Waals surface area contributed by atoms with Gasteiger partial charge in [0.05, 0.1) is 33.1 Å². The first kappa shape index (κ1) is 22.7. The minimum absolute atomic E-state index is 0.0386. The second kappa shape index (κ2) is 10.4. The summed E-state index contributed by atoms with van der Waals surface area (Å²) in [5, 5.41) is 3.90. The molecule has 2 aromatic rings. The van der Waals surface area contributed by atoms with Gasteiger partial charge in [-0.3, -0.25) is 0 Å². The van der Waals surface area contributed by atoms with E-state index < -0.39 is 10.0 Å². The van der Waals surface area contributed by atoms with Crippen LogP contribution in [0.2, 0.25) is 0 Å². The van der Waals surface area contributed by atoms with Crippen LogP contribution in [0.3, 0.4) is 0 Å². The fraction of sp³-hybridized carbons (Fsp3) is 0.409. The number of hydrogen-bond acceptors (Lipinski definition) is 7. The van der Waals surface area contributed by atoms with Crippen LogP contribution >= 0.6 is 0 Å². The molecule has 0 aliphatic heterocycles. The van der Waals surface area contributed by atoms with Gasteiger partial charge in [-0.05, 0) is 68.5 Å². The number of rotatable bonds is 10. The summed E-state index contributed by atoms with van der Waals surface area (Å²) in [5.41, 5.74) is 0.673. The molecule has 1 saturated carbocycles. The molecule has 9 heteroatoms. The van der Waals surface area contributed by atoms with Gasteiger partial charge in [0.25, 0.3) is 10.0 Å². The van der Waals surface area contributed by atoms with E-state index in [1.807, 2.05) is 13.0 Å². The summed E-state index contributed by atoms with van der Waals surface area (Å²) in [7, 11) is -1.04. The van der Waals surface area contributed by atoms with Crippen LogP contribution < -0.4 is 23.8 Å². The molecular weight excluding hydrogens is 420 g/mol. The van der Waals surface area contributed by atoms with Crippen molar-refractivity contribution in [3.8, 4) is 23.0 Å². The molecule has 1 aliphatic rings. The van der Waals surface area contributed by atoms with E-state index in [4.69, 9.17) is 18.9 Å². The lowest BCUT2D eigenvalue weighted by atomic mass is 10.2. The molecule has 2 aromatic carbocycles. The van der Waals surface area contributed by atoms with Crippen LogP contribution in [0.4, 0.5) is 0 Å². The van der Waals surface area contributed by atoms with Crippen molar-refractivity contribution in [2.45, 2.75) is 43.6 Å². The van der Waals surface area contributed by atoms with Crippen molar-refractivity contribution in [3.63, 3.8) is 0 Å². The molecule has 0 bridgehead atoms. The van der Waals surface area contributed by atoms with Crippen molar-refractivity contribution in [2.75, 3.05) is 20.8 Å². The zero-order valence-corrected chi connectivity index (χ0v) is 18.8. The molecule has 0 spiro atoms. The summed E-state index contributed by atoms with van der Waals surface area (Å²) in [5.74, 6) is 1.95. The molecule has 0 unspecified atom stereocenters. The van der Waals surface area contributed by atoms with Crippen molar-refractivity contribution in [3.05, 3.63) is 42.0 Å². The van der Waals surface area contributed by atoms with E-state index in [2.05, 4.69) is 9.93 Å². The smallest absolute Gasteiger partial charge is 0.280 e. The summed E-state index contributed by atoms with van der Waals surface area (Å²) >= 11 is 0. The maximum absolute atomic E-state index is 12.6. The summed E-state index contributed by atoms with van der Waals surface area (Å²) < 4.78 is 47.3. The number of nitrogens with zero attached hydrogens (tertiary/aromatic N) is 1. The Morgan fingerprint density at radius 1 is 1.03 bits per heavy atom. The molecule has 0 radical (unpaired) electrons. The van der Waals surface area contributed by atoms with Crippen molar-refractivity contribution < 1.29 is 27.4 Å². The molecule has 0 aromatic heterocycles. The Morgan fingerprint density at radius 2 is 1.81 bits per heavy atom. The number of sulfonamides is 1. The van der Waals surface area contributed by atoms with Crippen LogP contribution in [0.15, 0.2) is 46.4 Å². The average Bonchev–Trinajstić information content (AvgIpc) is 3.28. The molecular formula is C22H28N2O6S. The molecule has 3 rings (SSSR count). The maximum atomic E-state index is 12.6. The summed E-state index contributed by atoms with van der Waals surface area (Å²) in [6.07, 6.45) is 6.08. The molecule has 0 atom stereocenters. The normalized spacial score (nSPS) is 14.5. The number of nitrogens with one attached hydrogen (secondary N) is 1. The first-order valence-corrected chi connectivity index (χ1v) is 11.7. The van der Waals surface area contributed by atoms with Crippen molar-refractivity contribution in [1.29, 1.82) is 0 Å². The number of hydrogen-bond donors (Lipinski definition) is 1. The molecule has 0 saturated heterocycles. The van der Waals surface area contributed by atoms with Crippen molar-refractivity contribution >= 4 is 16.2 Å². The average molecular weight is 449 g/mol. The van der Waals surface area contributed by atoms with Crippen molar-refractivity contribution in [1.82, 2.24) is 4.83 Å². The highest BCUT2D eigenvalue weighted by Gasteiger charge is 2.20. The van der Waals surface area contributed by atoms with Gasteiger partial charge in [0.2, 0.25) is 0 Å². The van der Waals surface area contributed by atoms with E-state index in [-0.39, 0.29) is 16.7 Å². The van der Waals surface area contributed by atoms with Crippen LogP contribution in [-0.4, -0.2) is 41.6 Å². The molecule has 8 nitrogen and oxygen atoms in total. The highest BCUT2D eigenvalue weighted by Crippen LogP contribution is 2.32. The fourth-order valence-electron chi connectivity index (χ4n) is 3.37. The van der Waals surface area contributed by atoms with Crippen molar-refractivity contribution in [2.24, 2.45) is 5.10 Å². The first-order chi connectivity index (χ1) is 15.0. The predicted molar refractivity (Wildman–Crippen MR) is 118 cm³/mol. The number of methoxy groups -OCH3 is 2. The monoisotopic (exact) mass is 448 g/mol. The van der Waals surface area contributed by atoms with Gasteiger partial charge >= 0.3 is 0 Å². The predicted octanol–water partition coefficient (Wildman–Crippen LogP) is 3.74. The summed E-state index contributed by atoms with van der Waals surface area (Å²) in [6, 6.07) is 9.84. The third-order valence-corrected chi connectivity index (χ3v) is 6.17. The van der Waals surface area contributed by atoms with Crippen LogP contribution in [0.5, 0.6) is 23.0 Å². The van der Waals surface area contributed by atoms with Crippen LogP contribution in [0.1, 0.15) is 38.2 Å².